The Morgan fingerprint density at radius 2 is 1.79 bits per heavy atom. The maximum absolute atomic E-state index is 17.8. The molecule has 12 nitrogen and oxygen atoms in total. The molecule has 2 aromatic heterocycles. The number of aryl methyl sites for hydroxylation is 1. The summed E-state index contributed by atoms with van der Waals surface area (Å²) in [6.07, 6.45) is 1.64. The van der Waals surface area contributed by atoms with Crippen molar-refractivity contribution in [2.45, 2.75) is 109 Å². The lowest BCUT2D eigenvalue weighted by molar-refractivity contribution is 0.000931. The first-order chi connectivity index (χ1) is 29.2. The summed E-state index contributed by atoms with van der Waals surface area (Å²) in [6.45, 7) is 11.6. The molecule has 2 bridgehead atoms. The van der Waals surface area contributed by atoms with Crippen molar-refractivity contribution in [3.8, 4) is 28.9 Å². The summed E-state index contributed by atoms with van der Waals surface area (Å²) in [5.74, 6) is -0.348. The number of carbonyl (C=O) groups is 1. The minimum Gasteiger partial charge on any atom is -0.472 e. The molecule has 6 heterocycles. The second-order valence-electron chi connectivity index (χ2n) is 18.2. The Morgan fingerprint density at radius 1 is 1.02 bits per heavy atom. The number of hydrogen-bond acceptors (Lipinski definition) is 11. The van der Waals surface area contributed by atoms with Crippen LogP contribution in [0.25, 0.3) is 32.9 Å². The van der Waals surface area contributed by atoms with Crippen LogP contribution in [0, 0.1) is 17.0 Å². The standard InChI is InChI=1S/C45H52F4N6O6/c1-7-29-31(46)10-8-26-18-28(59-23-57-6)19-30(33(26)29)36-35(47)37-34-40(52-42(51-37)58-22-45(14-15-45)21-53-16-12-25(13-17-53)39(48)49)54-20-27-9-11-32(38(54)24(2)60-41(34)50-36)55(27)43(56)61-44(3,4)5/h8,10,18-19,24,27,32,38H,7,9,11-17,20-23H2,1-6H3. The number of piperazine rings is 1. The lowest BCUT2D eigenvalue weighted by Crippen LogP contribution is -2.65. The SMILES string of the molecule is CCc1c(F)ccc2cc(OCOC)cc(-c3nc4c5c(nc(OCC6(CN7CCC(=C(F)F)CC7)CC6)nc5c3F)N3CC5CCC(C3C(C)O4)N5C(=O)OC(C)(C)C)c12. The van der Waals surface area contributed by atoms with Gasteiger partial charge in [0.2, 0.25) is 5.88 Å². The van der Waals surface area contributed by atoms with E-state index in [0.29, 0.717) is 79.8 Å². The van der Waals surface area contributed by atoms with Crippen molar-refractivity contribution >= 4 is 33.6 Å². The number of amides is 1. The van der Waals surface area contributed by atoms with Gasteiger partial charge in [-0.2, -0.15) is 18.7 Å². The number of methoxy groups -OCH3 is 1. The van der Waals surface area contributed by atoms with E-state index in [4.69, 9.17) is 38.6 Å². The number of carbonyl (C=O) groups excluding carboxylic acids is 1. The maximum Gasteiger partial charge on any atom is 0.410 e. The van der Waals surface area contributed by atoms with Gasteiger partial charge in [-0.25, -0.2) is 18.6 Å². The zero-order valence-electron chi connectivity index (χ0n) is 35.5. The average Bonchev–Trinajstić information content (AvgIpc) is 3.94. The van der Waals surface area contributed by atoms with E-state index >= 15 is 8.78 Å². The maximum atomic E-state index is 17.8. The molecule has 61 heavy (non-hydrogen) atoms. The van der Waals surface area contributed by atoms with Gasteiger partial charge in [-0.15, -0.1) is 0 Å². The summed E-state index contributed by atoms with van der Waals surface area (Å²) < 4.78 is 90.0. The Morgan fingerprint density at radius 3 is 2.48 bits per heavy atom. The molecule has 5 aliphatic rings. The van der Waals surface area contributed by atoms with Crippen molar-refractivity contribution in [1.29, 1.82) is 0 Å². The Labute approximate surface area is 352 Å². The monoisotopic (exact) mass is 848 g/mol. The van der Waals surface area contributed by atoms with Crippen LogP contribution in [0.2, 0.25) is 0 Å². The number of likely N-dealkylation sites (tertiary alicyclic amines) is 1. The minimum atomic E-state index is -1.58. The molecule has 326 valence electrons. The first-order valence-corrected chi connectivity index (χ1v) is 21.3. The molecule has 4 atom stereocenters. The number of anilines is 1. The predicted octanol–water partition coefficient (Wildman–Crippen LogP) is 8.81. The number of piperidine rings is 1. The van der Waals surface area contributed by atoms with Gasteiger partial charge in [0.1, 0.15) is 45.7 Å². The second kappa shape index (κ2) is 15.7. The molecule has 1 amide bonds. The second-order valence-corrected chi connectivity index (χ2v) is 18.2. The molecule has 9 rings (SSSR count). The summed E-state index contributed by atoms with van der Waals surface area (Å²) in [6, 6.07) is 5.42. The van der Waals surface area contributed by atoms with Gasteiger partial charge in [0.15, 0.2) is 12.6 Å². The highest BCUT2D eigenvalue weighted by molar-refractivity contribution is 6.03. The molecule has 0 N–H and O–H groups in total. The van der Waals surface area contributed by atoms with Crippen molar-refractivity contribution in [2.75, 3.05) is 51.6 Å². The molecule has 16 heteroatoms. The third-order valence-corrected chi connectivity index (χ3v) is 12.9. The Kier molecular flexibility index (Phi) is 10.7. The van der Waals surface area contributed by atoms with E-state index in [1.54, 1.807) is 18.2 Å². The Bertz CT molecular complexity index is 2410. The number of fused-ring (bicyclic) bond motifs is 6. The lowest BCUT2D eigenvalue weighted by atomic mass is 9.94. The smallest absolute Gasteiger partial charge is 0.410 e. The highest BCUT2D eigenvalue weighted by Crippen LogP contribution is 2.50. The van der Waals surface area contributed by atoms with E-state index in [-0.39, 0.29) is 70.5 Å². The van der Waals surface area contributed by atoms with Crippen molar-refractivity contribution in [3.63, 3.8) is 0 Å². The van der Waals surface area contributed by atoms with Crippen LogP contribution in [-0.4, -0.2) is 107 Å². The van der Waals surface area contributed by atoms with Crippen LogP contribution >= 0.6 is 0 Å². The average molecular weight is 849 g/mol. The predicted molar refractivity (Wildman–Crippen MR) is 220 cm³/mol. The van der Waals surface area contributed by atoms with E-state index in [1.807, 2.05) is 39.5 Å². The summed E-state index contributed by atoms with van der Waals surface area (Å²) in [5.41, 5.74) is -0.219. The minimum absolute atomic E-state index is 0.0308. The molecule has 4 aromatic rings. The van der Waals surface area contributed by atoms with Crippen molar-refractivity contribution in [2.24, 2.45) is 5.41 Å². The number of pyridine rings is 1. The normalized spacial score (nSPS) is 23.1. The molecule has 4 fully saturated rings. The van der Waals surface area contributed by atoms with E-state index in [1.165, 1.54) is 13.2 Å². The van der Waals surface area contributed by atoms with Crippen molar-refractivity contribution < 1.29 is 46.0 Å². The first kappa shape index (κ1) is 41.4. The highest BCUT2D eigenvalue weighted by atomic mass is 19.3. The molecule has 0 radical (unpaired) electrons. The molecule has 3 saturated heterocycles. The van der Waals surface area contributed by atoms with Gasteiger partial charge >= 0.3 is 12.1 Å². The molecule has 4 aliphatic heterocycles. The third-order valence-electron chi connectivity index (χ3n) is 12.9. The molecule has 4 unspecified atom stereocenters. The van der Waals surface area contributed by atoms with E-state index < -0.39 is 41.6 Å². The number of benzene rings is 2. The van der Waals surface area contributed by atoms with Gasteiger partial charge < -0.3 is 33.5 Å². The van der Waals surface area contributed by atoms with Crippen LogP contribution in [0.3, 0.4) is 0 Å². The largest absolute Gasteiger partial charge is 0.472 e. The van der Waals surface area contributed by atoms with Gasteiger partial charge in [-0.1, -0.05) is 13.0 Å². The zero-order chi connectivity index (χ0) is 43.0. The number of nitrogens with zero attached hydrogens (tertiary/aromatic N) is 6. The van der Waals surface area contributed by atoms with Crippen LogP contribution in [-0.2, 0) is 15.9 Å². The summed E-state index contributed by atoms with van der Waals surface area (Å²) >= 11 is 0. The number of halogens is 4. The van der Waals surface area contributed by atoms with E-state index in [2.05, 4.69) is 9.80 Å². The number of rotatable bonds is 10. The molecular formula is C45H52F4N6O6. The third kappa shape index (κ3) is 7.67. The van der Waals surface area contributed by atoms with Gasteiger partial charge in [0.05, 0.1) is 24.7 Å². The van der Waals surface area contributed by atoms with Gasteiger partial charge in [0.25, 0.3) is 6.08 Å². The number of ether oxygens (including phenoxy) is 5. The highest BCUT2D eigenvalue weighted by Gasteiger charge is 2.54. The first-order valence-electron chi connectivity index (χ1n) is 21.3. The quantitative estimate of drug-likeness (QED) is 0.113. The van der Waals surface area contributed by atoms with Crippen molar-refractivity contribution in [3.05, 3.63) is 53.1 Å². The lowest BCUT2D eigenvalue weighted by Gasteiger charge is -2.48. The summed E-state index contributed by atoms with van der Waals surface area (Å²) in [4.78, 5) is 34.5. The molecule has 1 aliphatic carbocycles. The van der Waals surface area contributed by atoms with Crippen molar-refractivity contribution in [1.82, 2.24) is 24.8 Å². The van der Waals surface area contributed by atoms with Crippen LogP contribution in [0.1, 0.15) is 78.7 Å². The fraction of sp³-hybridized carbons (Fsp3) is 0.556. The number of aromatic nitrogens is 3. The molecular weight excluding hydrogens is 797 g/mol. The topological polar surface area (TPSA) is 112 Å². The fourth-order valence-electron chi connectivity index (χ4n) is 9.88. The van der Waals surface area contributed by atoms with Crippen LogP contribution in [0.4, 0.5) is 28.2 Å². The molecule has 0 spiro atoms. The van der Waals surface area contributed by atoms with Crippen LogP contribution in [0.15, 0.2) is 35.9 Å². The Balaban J connectivity index is 1.16. The molecule has 1 saturated carbocycles. The summed E-state index contributed by atoms with van der Waals surface area (Å²) in [7, 11) is 1.49. The molecule has 2 aromatic carbocycles. The Hall–Kier alpha value is -4.96. The van der Waals surface area contributed by atoms with Crippen LogP contribution < -0.4 is 19.1 Å². The van der Waals surface area contributed by atoms with Gasteiger partial charge in [0, 0.05) is 44.3 Å². The van der Waals surface area contributed by atoms with Gasteiger partial charge in [-0.05, 0) is 113 Å². The van der Waals surface area contributed by atoms with Gasteiger partial charge in [-0.3, -0.25) is 4.90 Å². The van der Waals surface area contributed by atoms with E-state index in [9.17, 15) is 13.6 Å². The fourth-order valence-corrected chi connectivity index (χ4v) is 9.88. The number of hydrogen-bond donors (Lipinski definition) is 0. The zero-order valence-corrected chi connectivity index (χ0v) is 35.5. The van der Waals surface area contributed by atoms with Crippen LogP contribution in [0.5, 0.6) is 17.6 Å². The van der Waals surface area contributed by atoms with E-state index in [0.717, 1.165) is 19.3 Å². The summed E-state index contributed by atoms with van der Waals surface area (Å²) in [5, 5.41) is 1.37.